The van der Waals surface area contributed by atoms with Crippen molar-refractivity contribution in [2.75, 3.05) is 11.5 Å². The number of aromatic nitrogens is 2. The van der Waals surface area contributed by atoms with Gasteiger partial charge in [-0.1, -0.05) is 6.42 Å². The van der Waals surface area contributed by atoms with Gasteiger partial charge in [0.25, 0.3) is 5.56 Å². The van der Waals surface area contributed by atoms with E-state index in [2.05, 4.69) is 9.97 Å². The van der Waals surface area contributed by atoms with E-state index >= 15 is 0 Å². The van der Waals surface area contributed by atoms with Crippen LogP contribution in [-0.2, 0) is 11.2 Å². The zero-order valence-electron chi connectivity index (χ0n) is 9.03. The molecule has 0 bridgehead atoms. The predicted octanol–water partition coefficient (Wildman–Crippen LogP) is 0.236. The van der Waals surface area contributed by atoms with Gasteiger partial charge in [-0.2, -0.15) is 4.98 Å². The second-order valence-electron chi connectivity index (χ2n) is 3.58. The molecule has 0 unspecified atom stereocenters. The lowest BCUT2D eigenvalue weighted by Gasteiger charge is -2.04. The third-order valence-corrected chi connectivity index (χ3v) is 2.31. The lowest BCUT2D eigenvalue weighted by atomic mass is 10.1. The largest absolute Gasteiger partial charge is 0.383 e. The molecule has 0 spiro atoms. The predicted molar refractivity (Wildman–Crippen MR) is 61.9 cm³/mol. The average molecular weight is 224 g/mol. The number of hydrogen-bond acceptors (Lipinski definition) is 5. The van der Waals surface area contributed by atoms with Crippen LogP contribution in [0, 0.1) is 0 Å². The highest BCUT2D eigenvalue weighted by atomic mass is 16.1. The smallest absolute Gasteiger partial charge is 0.257 e. The molecule has 0 saturated heterocycles. The Bertz CT molecular complexity index is 414. The maximum absolute atomic E-state index is 11.5. The van der Waals surface area contributed by atoms with Gasteiger partial charge in [-0.25, -0.2) is 0 Å². The van der Waals surface area contributed by atoms with Gasteiger partial charge < -0.3 is 16.3 Å². The van der Waals surface area contributed by atoms with Crippen molar-refractivity contribution in [3.63, 3.8) is 0 Å². The van der Waals surface area contributed by atoms with E-state index in [9.17, 15) is 9.59 Å². The fourth-order valence-corrected chi connectivity index (χ4v) is 1.48. The minimum Gasteiger partial charge on any atom is -0.383 e. The molecule has 0 aromatic carbocycles. The Balaban J connectivity index is 2.54. The number of aromatic amines is 1. The fourth-order valence-electron chi connectivity index (χ4n) is 1.48. The van der Waals surface area contributed by atoms with Gasteiger partial charge in [0.1, 0.15) is 12.1 Å². The molecule has 6 nitrogen and oxygen atoms in total. The highest BCUT2D eigenvalue weighted by Gasteiger charge is 2.06. The number of nitrogen functional groups attached to an aromatic ring is 2. The Labute approximate surface area is 93.1 Å². The zero-order valence-corrected chi connectivity index (χ0v) is 9.03. The van der Waals surface area contributed by atoms with Gasteiger partial charge >= 0.3 is 0 Å². The fraction of sp³-hybridized carbons (Fsp3) is 0.500. The summed E-state index contributed by atoms with van der Waals surface area (Å²) < 4.78 is 0. The molecule has 6 heteroatoms. The molecule has 1 aromatic heterocycles. The first-order chi connectivity index (χ1) is 7.65. The van der Waals surface area contributed by atoms with Crippen LogP contribution in [0.5, 0.6) is 0 Å². The van der Waals surface area contributed by atoms with Gasteiger partial charge in [0, 0.05) is 6.42 Å². The first kappa shape index (κ1) is 12.2. The van der Waals surface area contributed by atoms with Crippen molar-refractivity contribution < 1.29 is 4.79 Å². The van der Waals surface area contributed by atoms with Gasteiger partial charge in [-0.05, 0) is 19.3 Å². The molecule has 0 atom stereocenters. The SMILES string of the molecule is Nc1nc(N)c(CCCCCC=O)c(=O)[nH]1. The Morgan fingerprint density at radius 2 is 2.00 bits per heavy atom. The van der Waals surface area contributed by atoms with Crippen LogP contribution < -0.4 is 17.0 Å². The van der Waals surface area contributed by atoms with E-state index in [0.717, 1.165) is 25.5 Å². The van der Waals surface area contributed by atoms with Gasteiger partial charge in [0.15, 0.2) is 0 Å². The topological polar surface area (TPSA) is 115 Å². The van der Waals surface area contributed by atoms with Crippen LogP contribution in [0.25, 0.3) is 0 Å². The van der Waals surface area contributed by atoms with E-state index in [4.69, 9.17) is 11.5 Å². The van der Waals surface area contributed by atoms with Gasteiger partial charge in [-0.15, -0.1) is 0 Å². The van der Waals surface area contributed by atoms with E-state index < -0.39 is 0 Å². The summed E-state index contributed by atoms with van der Waals surface area (Å²) in [5.41, 5.74) is 11.1. The van der Waals surface area contributed by atoms with E-state index in [1.54, 1.807) is 0 Å². The summed E-state index contributed by atoms with van der Waals surface area (Å²) in [7, 11) is 0. The molecule has 1 heterocycles. The van der Waals surface area contributed by atoms with Crippen molar-refractivity contribution in [1.82, 2.24) is 9.97 Å². The molecule has 16 heavy (non-hydrogen) atoms. The normalized spacial score (nSPS) is 10.2. The number of nitrogens with zero attached hydrogens (tertiary/aromatic N) is 1. The number of carbonyl (C=O) groups is 1. The Morgan fingerprint density at radius 3 is 2.62 bits per heavy atom. The maximum atomic E-state index is 11.5. The molecule has 88 valence electrons. The van der Waals surface area contributed by atoms with Crippen LogP contribution in [0.1, 0.15) is 31.2 Å². The number of rotatable bonds is 6. The summed E-state index contributed by atoms with van der Waals surface area (Å²) in [6, 6.07) is 0. The van der Waals surface area contributed by atoms with Crippen molar-refractivity contribution in [2.24, 2.45) is 0 Å². The summed E-state index contributed by atoms with van der Waals surface area (Å²) in [5, 5.41) is 0. The molecule has 0 amide bonds. The highest BCUT2D eigenvalue weighted by molar-refractivity contribution is 5.48. The van der Waals surface area contributed by atoms with Crippen LogP contribution in [0.15, 0.2) is 4.79 Å². The average Bonchev–Trinajstić information content (AvgIpc) is 2.20. The Hall–Kier alpha value is -1.85. The van der Waals surface area contributed by atoms with Gasteiger partial charge in [0.05, 0.1) is 5.56 Å². The third-order valence-electron chi connectivity index (χ3n) is 2.31. The minimum atomic E-state index is -0.277. The molecule has 0 radical (unpaired) electrons. The number of unbranched alkanes of at least 4 members (excludes halogenated alkanes) is 3. The number of aldehydes is 1. The van der Waals surface area contributed by atoms with Crippen molar-refractivity contribution in [2.45, 2.75) is 32.1 Å². The number of hydrogen-bond donors (Lipinski definition) is 3. The molecular weight excluding hydrogens is 208 g/mol. The van der Waals surface area contributed by atoms with Gasteiger partial charge in [0.2, 0.25) is 5.95 Å². The molecule has 0 aliphatic carbocycles. The van der Waals surface area contributed by atoms with Crippen LogP contribution in [0.3, 0.4) is 0 Å². The standard InChI is InChI=1S/C10H16N4O2/c11-8-7(5-3-1-2-4-6-15)9(16)14-10(12)13-8/h6H,1-5H2,(H5,11,12,13,14,16). The molecule has 0 saturated carbocycles. The zero-order chi connectivity index (χ0) is 12.0. The Morgan fingerprint density at radius 1 is 1.25 bits per heavy atom. The summed E-state index contributed by atoms with van der Waals surface area (Å²) in [4.78, 5) is 27.8. The number of nitrogens with one attached hydrogen (secondary N) is 1. The number of nitrogens with two attached hydrogens (primary N) is 2. The highest BCUT2D eigenvalue weighted by Crippen LogP contribution is 2.09. The first-order valence-corrected chi connectivity index (χ1v) is 5.23. The summed E-state index contributed by atoms with van der Waals surface area (Å²) in [6.45, 7) is 0. The molecular formula is C10H16N4O2. The van der Waals surface area contributed by atoms with Crippen molar-refractivity contribution in [3.8, 4) is 0 Å². The van der Waals surface area contributed by atoms with Crippen LogP contribution in [0.4, 0.5) is 11.8 Å². The maximum Gasteiger partial charge on any atom is 0.257 e. The minimum absolute atomic E-state index is 0.0344. The molecule has 5 N–H and O–H groups in total. The van der Waals surface area contributed by atoms with Crippen LogP contribution >= 0.6 is 0 Å². The van der Waals surface area contributed by atoms with Crippen molar-refractivity contribution in [3.05, 3.63) is 15.9 Å². The second kappa shape index (κ2) is 5.89. The molecule has 0 aliphatic rings. The molecule has 1 rings (SSSR count). The van der Waals surface area contributed by atoms with E-state index in [1.807, 2.05) is 0 Å². The van der Waals surface area contributed by atoms with E-state index in [-0.39, 0.29) is 17.3 Å². The molecule has 1 aromatic rings. The quantitative estimate of drug-likeness (QED) is 0.473. The number of carbonyl (C=O) groups excluding carboxylic acids is 1. The number of anilines is 2. The monoisotopic (exact) mass is 224 g/mol. The van der Waals surface area contributed by atoms with Crippen molar-refractivity contribution >= 4 is 18.1 Å². The number of H-pyrrole nitrogens is 1. The van der Waals surface area contributed by atoms with Gasteiger partial charge in [-0.3, -0.25) is 9.78 Å². The van der Waals surface area contributed by atoms with Crippen molar-refractivity contribution in [1.29, 1.82) is 0 Å². The van der Waals surface area contributed by atoms with E-state index in [0.29, 0.717) is 18.4 Å². The summed E-state index contributed by atoms with van der Waals surface area (Å²) in [5.74, 6) is 0.226. The summed E-state index contributed by atoms with van der Waals surface area (Å²) in [6.07, 6.45) is 4.56. The third kappa shape index (κ3) is 3.38. The molecule has 0 aliphatic heterocycles. The Kier molecular flexibility index (Phi) is 4.50. The lowest BCUT2D eigenvalue weighted by Crippen LogP contribution is -2.19. The lowest BCUT2D eigenvalue weighted by molar-refractivity contribution is -0.107. The first-order valence-electron chi connectivity index (χ1n) is 5.23. The van der Waals surface area contributed by atoms with Crippen LogP contribution in [0.2, 0.25) is 0 Å². The second-order valence-corrected chi connectivity index (χ2v) is 3.58. The van der Waals surface area contributed by atoms with Crippen LogP contribution in [-0.4, -0.2) is 16.3 Å². The molecule has 0 fully saturated rings. The summed E-state index contributed by atoms with van der Waals surface area (Å²) >= 11 is 0. The van der Waals surface area contributed by atoms with E-state index in [1.165, 1.54) is 0 Å².